The maximum absolute atomic E-state index is 7.89. The largest absolute Gasteiger partial charge is 0.492 e. The molecule has 0 saturated carbocycles. The first-order valence-corrected chi connectivity index (χ1v) is 10.1. The third kappa shape index (κ3) is 4.33. The Kier molecular flexibility index (Phi) is 5.75. The van der Waals surface area contributed by atoms with Gasteiger partial charge >= 0.3 is 0 Å². The number of nitrogens with two attached hydrogens (primary N) is 1. The highest BCUT2D eigenvalue weighted by Gasteiger charge is 2.07. The van der Waals surface area contributed by atoms with Crippen molar-refractivity contribution in [1.29, 1.82) is 5.41 Å². The van der Waals surface area contributed by atoms with Crippen LogP contribution in [-0.4, -0.2) is 17.3 Å². The van der Waals surface area contributed by atoms with Gasteiger partial charge in [-0.1, -0.05) is 48.5 Å². The zero-order chi connectivity index (χ0) is 20.9. The van der Waals surface area contributed by atoms with Gasteiger partial charge in [0, 0.05) is 28.7 Å². The minimum Gasteiger partial charge on any atom is -0.492 e. The molecule has 0 saturated heterocycles. The molecule has 0 atom stereocenters. The van der Waals surface area contributed by atoms with Crippen molar-refractivity contribution in [2.24, 2.45) is 0 Å². The van der Waals surface area contributed by atoms with E-state index in [9.17, 15) is 0 Å². The Balaban J connectivity index is 1.42. The molecule has 0 amide bonds. The smallest absolute Gasteiger partial charge is 0.138 e. The topological polar surface area (TPSA) is 72.0 Å². The first-order chi connectivity index (χ1) is 14.6. The van der Waals surface area contributed by atoms with Crippen LogP contribution in [0, 0.1) is 5.41 Å². The first kappa shape index (κ1) is 19.6. The molecule has 0 aliphatic rings. The normalized spacial score (nSPS) is 10.8. The van der Waals surface area contributed by atoms with Crippen molar-refractivity contribution in [2.45, 2.75) is 19.8 Å². The number of nitrogens with zero attached hydrogens (tertiary/aromatic N) is 1. The Morgan fingerprint density at radius 2 is 1.80 bits per heavy atom. The van der Waals surface area contributed by atoms with Gasteiger partial charge in [-0.25, -0.2) is 0 Å². The Morgan fingerprint density at radius 1 is 0.967 bits per heavy atom. The zero-order valence-corrected chi connectivity index (χ0v) is 17.1. The van der Waals surface area contributed by atoms with Crippen molar-refractivity contribution in [3.8, 4) is 16.9 Å². The third-order valence-corrected chi connectivity index (χ3v) is 5.24. The van der Waals surface area contributed by atoms with E-state index in [2.05, 4.69) is 47.4 Å². The summed E-state index contributed by atoms with van der Waals surface area (Å²) in [6, 6.07) is 22.6. The fourth-order valence-electron chi connectivity index (χ4n) is 3.68. The maximum Gasteiger partial charge on any atom is 0.138 e. The number of hydrogen-bond acceptors (Lipinski definition) is 4. The van der Waals surface area contributed by atoms with Crippen LogP contribution in [0.15, 0.2) is 79.1 Å². The molecule has 1 heterocycles. The molecule has 30 heavy (non-hydrogen) atoms. The van der Waals surface area contributed by atoms with Crippen molar-refractivity contribution >= 4 is 22.2 Å². The third-order valence-electron chi connectivity index (χ3n) is 5.24. The number of fused-ring (bicyclic) bond motifs is 1. The van der Waals surface area contributed by atoms with E-state index in [0.717, 1.165) is 35.3 Å². The molecule has 1 aromatic heterocycles. The summed E-state index contributed by atoms with van der Waals surface area (Å²) >= 11 is 0. The molecule has 0 radical (unpaired) electrons. The van der Waals surface area contributed by atoms with Gasteiger partial charge in [0.05, 0.1) is 12.8 Å². The van der Waals surface area contributed by atoms with Gasteiger partial charge in [-0.3, -0.25) is 4.98 Å². The minimum atomic E-state index is 0.447. The van der Waals surface area contributed by atoms with Crippen LogP contribution in [0.3, 0.4) is 0 Å². The SMILES string of the molecule is CC(=N)c1cc(-c2cncc(OCCCc3cccc4ccccc34)c2)ccc1N. The van der Waals surface area contributed by atoms with Crippen LogP contribution in [0.2, 0.25) is 0 Å². The van der Waals surface area contributed by atoms with Crippen LogP contribution in [0.25, 0.3) is 21.9 Å². The van der Waals surface area contributed by atoms with Gasteiger partial charge in [0.1, 0.15) is 5.75 Å². The van der Waals surface area contributed by atoms with Crippen molar-refractivity contribution in [3.63, 3.8) is 0 Å². The Morgan fingerprint density at radius 3 is 2.67 bits per heavy atom. The van der Waals surface area contributed by atoms with Gasteiger partial charge in [-0.2, -0.15) is 0 Å². The number of aryl methyl sites for hydroxylation is 1. The van der Waals surface area contributed by atoms with E-state index in [4.69, 9.17) is 15.9 Å². The van der Waals surface area contributed by atoms with Gasteiger partial charge in [-0.05, 0) is 59.9 Å². The van der Waals surface area contributed by atoms with E-state index in [1.165, 1.54) is 16.3 Å². The number of hydrogen-bond donors (Lipinski definition) is 2. The monoisotopic (exact) mass is 395 g/mol. The van der Waals surface area contributed by atoms with Gasteiger partial charge < -0.3 is 15.9 Å². The second-order valence-electron chi connectivity index (χ2n) is 7.43. The summed E-state index contributed by atoms with van der Waals surface area (Å²) in [7, 11) is 0. The molecule has 0 spiro atoms. The van der Waals surface area contributed by atoms with Crippen LogP contribution < -0.4 is 10.5 Å². The lowest BCUT2D eigenvalue weighted by atomic mass is 10.0. The fraction of sp³-hybridized carbons (Fsp3) is 0.154. The Bertz CT molecular complexity index is 1190. The lowest BCUT2D eigenvalue weighted by Crippen LogP contribution is -2.01. The van der Waals surface area contributed by atoms with Crippen LogP contribution in [-0.2, 0) is 6.42 Å². The van der Waals surface area contributed by atoms with Gasteiger partial charge in [0.2, 0.25) is 0 Å². The van der Waals surface area contributed by atoms with Crippen LogP contribution in [0.4, 0.5) is 5.69 Å². The molecule has 3 N–H and O–H groups in total. The highest BCUT2D eigenvalue weighted by Crippen LogP contribution is 2.26. The lowest BCUT2D eigenvalue weighted by Gasteiger charge is -2.10. The van der Waals surface area contributed by atoms with Crippen LogP contribution in [0.1, 0.15) is 24.5 Å². The molecule has 4 rings (SSSR count). The fourth-order valence-corrected chi connectivity index (χ4v) is 3.68. The van der Waals surface area contributed by atoms with E-state index in [1.54, 1.807) is 19.3 Å². The molecule has 0 bridgehead atoms. The molecule has 0 fully saturated rings. The average molecular weight is 396 g/mol. The summed E-state index contributed by atoms with van der Waals surface area (Å²) in [5.74, 6) is 0.746. The summed E-state index contributed by atoms with van der Waals surface area (Å²) < 4.78 is 5.97. The standard InChI is InChI=1S/C26H25N3O/c1-18(27)25-15-21(11-12-26(25)28)22-14-23(17-29-16-22)30-13-5-9-20-8-4-7-19-6-2-3-10-24(19)20/h2-4,6-8,10-12,14-17,27H,5,9,13,28H2,1H3. The first-order valence-electron chi connectivity index (χ1n) is 10.1. The maximum atomic E-state index is 7.89. The van der Waals surface area contributed by atoms with E-state index in [0.29, 0.717) is 18.0 Å². The van der Waals surface area contributed by atoms with E-state index >= 15 is 0 Å². The molecular formula is C26H25N3O. The molecule has 3 aromatic carbocycles. The van der Waals surface area contributed by atoms with Gasteiger partial charge in [0.25, 0.3) is 0 Å². The second kappa shape index (κ2) is 8.78. The number of anilines is 1. The molecule has 4 aromatic rings. The second-order valence-corrected chi connectivity index (χ2v) is 7.43. The van der Waals surface area contributed by atoms with Gasteiger partial charge in [-0.15, -0.1) is 0 Å². The Labute approximate surface area is 176 Å². The number of pyridine rings is 1. The molecule has 0 unspecified atom stereocenters. The van der Waals surface area contributed by atoms with E-state index in [-0.39, 0.29) is 0 Å². The molecule has 4 heteroatoms. The van der Waals surface area contributed by atoms with Crippen molar-refractivity contribution in [2.75, 3.05) is 12.3 Å². The molecule has 0 aliphatic carbocycles. The number of rotatable bonds is 7. The predicted octanol–water partition coefficient (Wildman–Crippen LogP) is 5.88. The number of ether oxygens (including phenoxy) is 1. The minimum absolute atomic E-state index is 0.447. The number of aromatic nitrogens is 1. The van der Waals surface area contributed by atoms with E-state index < -0.39 is 0 Å². The lowest BCUT2D eigenvalue weighted by molar-refractivity contribution is 0.310. The van der Waals surface area contributed by atoms with Crippen molar-refractivity contribution in [1.82, 2.24) is 4.98 Å². The van der Waals surface area contributed by atoms with Crippen molar-refractivity contribution < 1.29 is 4.74 Å². The molecule has 0 aliphatic heterocycles. The van der Waals surface area contributed by atoms with Crippen LogP contribution >= 0.6 is 0 Å². The summed E-state index contributed by atoms with van der Waals surface area (Å²) in [6.07, 6.45) is 5.44. The van der Waals surface area contributed by atoms with Crippen molar-refractivity contribution in [3.05, 3.63) is 90.3 Å². The molecular weight excluding hydrogens is 370 g/mol. The average Bonchev–Trinajstić information content (AvgIpc) is 2.77. The predicted molar refractivity (Wildman–Crippen MR) is 124 cm³/mol. The summed E-state index contributed by atoms with van der Waals surface area (Å²) in [5, 5.41) is 10.5. The highest BCUT2D eigenvalue weighted by molar-refractivity contribution is 6.02. The summed E-state index contributed by atoms with van der Waals surface area (Å²) in [6.45, 7) is 2.37. The summed E-state index contributed by atoms with van der Waals surface area (Å²) in [4.78, 5) is 4.33. The quantitative estimate of drug-likeness (QED) is 0.233. The highest BCUT2D eigenvalue weighted by atomic mass is 16.5. The number of benzene rings is 3. The molecule has 4 nitrogen and oxygen atoms in total. The number of nitrogen functional groups attached to an aromatic ring is 1. The van der Waals surface area contributed by atoms with E-state index in [1.807, 2.05) is 24.3 Å². The Hall–Kier alpha value is -3.66. The van der Waals surface area contributed by atoms with Crippen LogP contribution in [0.5, 0.6) is 5.75 Å². The van der Waals surface area contributed by atoms with Gasteiger partial charge in [0.15, 0.2) is 0 Å². The molecule has 150 valence electrons. The summed E-state index contributed by atoms with van der Waals surface area (Å²) in [5.41, 5.74) is 11.1. The zero-order valence-electron chi connectivity index (χ0n) is 17.1. The number of nitrogens with one attached hydrogen (secondary N) is 1.